The quantitative estimate of drug-likeness (QED) is 0.636. The number of nitrogens with one attached hydrogen (secondary N) is 1. The van der Waals surface area contributed by atoms with E-state index in [1.54, 1.807) is 4.57 Å². The maximum absolute atomic E-state index is 14.9. The van der Waals surface area contributed by atoms with E-state index >= 15 is 0 Å². The zero-order valence-corrected chi connectivity index (χ0v) is 15.2. The van der Waals surface area contributed by atoms with Crippen molar-refractivity contribution < 1.29 is 8.78 Å². The molecule has 2 aromatic carbocycles. The van der Waals surface area contributed by atoms with Gasteiger partial charge in [0.25, 0.3) is 0 Å². The lowest BCUT2D eigenvalue weighted by Crippen LogP contribution is -2.36. The number of anilines is 1. The number of rotatable bonds is 2. The Morgan fingerprint density at radius 1 is 1.16 bits per heavy atom. The maximum atomic E-state index is 14.9. The van der Waals surface area contributed by atoms with Crippen LogP contribution in [0.3, 0.4) is 0 Å². The number of hydrogen-bond donors (Lipinski definition) is 1. The molecule has 0 amide bonds. The molecule has 1 N–H and O–H groups in total. The molecule has 0 aliphatic carbocycles. The van der Waals surface area contributed by atoms with Crippen LogP contribution in [0.2, 0.25) is 0 Å². The molecule has 4 nitrogen and oxygen atoms in total. The first-order chi connectivity index (χ1) is 11.9. The number of hydrogen-bond acceptors (Lipinski definition) is 3. The van der Waals surface area contributed by atoms with Gasteiger partial charge in [-0.05, 0) is 35.3 Å². The van der Waals surface area contributed by atoms with Crippen molar-refractivity contribution in [2.24, 2.45) is 0 Å². The van der Waals surface area contributed by atoms with Gasteiger partial charge in [0.2, 0.25) is 0 Å². The Labute approximate surface area is 152 Å². The third-order valence-corrected chi connectivity index (χ3v) is 5.03. The van der Waals surface area contributed by atoms with Crippen LogP contribution < -0.4 is 5.32 Å². The van der Waals surface area contributed by atoms with Gasteiger partial charge in [-0.1, -0.05) is 30.3 Å². The minimum Gasteiger partial charge on any atom is -0.371 e. The molecule has 1 aliphatic rings. The molecule has 128 valence electrons. The number of nitrogens with zero attached hydrogens (tertiary/aromatic N) is 3. The summed E-state index contributed by atoms with van der Waals surface area (Å²) in [5, 5.41) is 11.7. The molecular formula is C18H15BrF2N4. The van der Waals surface area contributed by atoms with Gasteiger partial charge in [-0.3, -0.25) is 4.57 Å². The third-order valence-electron chi connectivity index (χ3n) is 4.30. The zero-order chi connectivity index (χ0) is 17.8. The first kappa shape index (κ1) is 16.2. The second kappa shape index (κ2) is 5.62. The summed E-state index contributed by atoms with van der Waals surface area (Å²) >= 11 is 2.99. The first-order valence-corrected chi connectivity index (χ1v) is 8.62. The Morgan fingerprint density at radius 3 is 2.60 bits per heavy atom. The Bertz CT molecular complexity index is 967. The average Bonchev–Trinajstić information content (AvgIpc) is 2.98. The monoisotopic (exact) mass is 404 g/mol. The molecule has 0 saturated carbocycles. The van der Waals surface area contributed by atoms with Crippen LogP contribution in [-0.2, 0) is 12.0 Å². The second-order valence-electron chi connectivity index (χ2n) is 6.57. The predicted molar refractivity (Wildman–Crippen MR) is 94.9 cm³/mol. The standard InChI is InChI=1S/C18H15BrF2N4/c1-18(2)17-24-23-13(8-10-6-4-3-5-7-10)25(17)16-12(22-18)9-11(20)14(19)15(16)21/h3-7,9,22H,8H2,1-2H3. The van der Waals surface area contributed by atoms with Crippen LogP contribution in [0.5, 0.6) is 0 Å². The van der Waals surface area contributed by atoms with E-state index in [-0.39, 0.29) is 10.2 Å². The van der Waals surface area contributed by atoms with Crippen LogP contribution in [0, 0.1) is 11.6 Å². The summed E-state index contributed by atoms with van der Waals surface area (Å²) in [6.07, 6.45) is 0.498. The molecule has 4 rings (SSSR count). The van der Waals surface area contributed by atoms with E-state index in [9.17, 15) is 8.78 Å². The maximum Gasteiger partial charge on any atom is 0.166 e. The Kier molecular flexibility index (Phi) is 3.64. The smallest absolute Gasteiger partial charge is 0.166 e. The zero-order valence-electron chi connectivity index (χ0n) is 13.6. The molecule has 3 aromatic rings. The SMILES string of the molecule is CC1(C)Nc2cc(F)c(Br)c(F)c2-n2c(Cc3ccccc3)nnc21. The molecule has 0 saturated heterocycles. The molecule has 0 radical (unpaired) electrons. The van der Waals surface area contributed by atoms with Crippen molar-refractivity contribution in [3.05, 3.63) is 69.7 Å². The molecule has 0 atom stereocenters. The summed E-state index contributed by atoms with van der Waals surface area (Å²) in [6, 6.07) is 11.1. The summed E-state index contributed by atoms with van der Waals surface area (Å²) < 4.78 is 30.4. The minimum absolute atomic E-state index is 0.196. The third kappa shape index (κ3) is 2.54. The molecule has 25 heavy (non-hydrogen) atoms. The lowest BCUT2D eigenvalue weighted by molar-refractivity contribution is 0.511. The highest BCUT2D eigenvalue weighted by Gasteiger charge is 2.37. The fourth-order valence-electron chi connectivity index (χ4n) is 3.14. The summed E-state index contributed by atoms with van der Waals surface area (Å²) in [6.45, 7) is 3.81. The normalized spacial score (nSPS) is 14.6. The number of benzene rings is 2. The van der Waals surface area contributed by atoms with Gasteiger partial charge in [0.15, 0.2) is 11.6 Å². The van der Waals surface area contributed by atoms with Gasteiger partial charge in [0.1, 0.15) is 17.3 Å². The van der Waals surface area contributed by atoms with E-state index in [1.165, 1.54) is 6.07 Å². The lowest BCUT2D eigenvalue weighted by Gasteiger charge is -2.34. The van der Waals surface area contributed by atoms with Crippen LogP contribution >= 0.6 is 15.9 Å². The highest BCUT2D eigenvalue weighted by atomic mass is 79.9. The molecule has 1 aliphatic heterocycles. The van der Waals surface area contributed by atoms with E-state index in [4.69, 9.17) is 0 Å². The molecule has 0 bridgehead atoms. The topological polar surface area (TPSA) is 42.7 Å². The second-order valence-corrected chi connectivity index (χ2v) is 7.36. The number of aromatic nitrogens is 3. The van der Waals surface area contributed by atoms with Crippen molar-refractivity contribution >= 4 is 21.6 Å². The first-order valence-electron chi connectivity index (χ1n) is 7.83. The van der Waals surface area contributed by atoms with Crippen molar-refractivity contribution in [3.8, 4) is 5.69 Å². The van der Waals surface area contributed by atoms with Crippen molar-refractivity contribution in [1.29, 1.82) is 0 Å². The Hall–Kier alpha value is -2.28. The van der Waals surface area contributed by atoms with Crippen molar-refractivity contribution in [2.75, 3.05) is 5.32 Å². The van der Waals surface area contributed by atoms with Crippen LogP contribution in [-0.4, -0.2) is 14.8 Å². The largest absolute Gasteiger partial charge is 0.371 e. The summed E-state index contributed by atoms with van der Waals surface area (Å²) in [7, 11) is 0. The molecular weight excluding hydrogens is 390 g/mol. The summed E-state index contributed by atoms with van der Waals surface area (Å²) in [4.78, 5) is 0. The molecule has 1 aromatic heterocycles. The van der Waals surface area contributed by atoms with E-state index in [0.717, 1.165) is 5.56 Å². The molecule has 2 heterocycles. The van der Waals surface area contributed by atoms with Crippen molar-refractivity contribution in [3.63, 3.8) is 0 Å². The number of fused-ring (bicyclic) bond motifs is 3. The van der Waals surface area contributed by atoms with Gasteiger partial charge < -0.3 is 5.32 Å². The van der Waals surface area contributed by atoms with Crippen molar-refractivity contribution in [2.45, 2.75) is 25.8 Å². The van der Waals surface area contributed by atoms with Crippen molar-refractivity contribution in [1.82, 2.24) is 14.8 Å². The van der Waals surface area contributed by atoms with Crippen LogP contribution in [0.15, 0.2) is 40.9 Å². The average molecular weight is 405 g/mol. The van der Waals surface area contributed by atoms with Crippen LogP contribution in [0.1, 0.15) is 31.1 Å². The van der Waals surface area contributed by atoms with E-state index in [0.29, 0.717) is 23.8 Å². The molecule has 0 spiro atoms. The molecule has 7 heteroatoms. The Morgan fingerprint density at radius 2 is 1.88 bits per heavy atom. The van der Waals surface area contributed by atoms with Gasteiger partial charge >= 0.3 is 0 Å². The van der Waals surface area contributed by atoms with Gasteiger partial charge in [-0.2, -0.15) is 0 Å². The Balaban J connectivity index is 1.94. The predicted octanol–water partition coefficient (Wildman–Crippen LogP) is 4.56. The van der Waals surface area contributed by atoms with Gasteiger partial charge in [0, 0.05) is 12.5 Å². The fourth-order valence-corrected chi connectivity index (χ4v) is 3.44. The van der Waals surface area contributed by atoms with Crippen LogP contribution in [0.25, 0.3) is 5.69 Å². The fraction of sp³-hybridized carbons (Fsp3) is 0.222. The lowest BCUT2D eigenvalue weighted by atomic mass is 9.99. The van der Waals surface area contributed by atoms with Gasteiger partial charge in [-0.25, -0.2) is 8.78 Å². The summed E-state index contributed by atoms with van der Waals surface area (Å²) in [5.74, 6) is -0.133. The van der Waals surface area contributed by atoms with E-state index < -0.39 is 17.2 Å². The van der Waals surface area contributed by atoms with Gasteiger partial charge in [-0.15, -0.1) is 10.2 Å². The van der Waals surface area contributed by atoms with E-state index in [1.807, 2.05) is 44.2 Å². The highest BCUT2D eigenvalue weighted by molar-refractivity contribution is 9.10. The molecule has 0 unspecified atom stereocenters. The summed E-state index contributed by atoms with van der Waals surface area (Å²) in [5.41, 5.74) is 1.04. The van der Waals surface area contributed by atoms with Gasteiger partial charge in [0.05, 0.1) is 15.7 Å². The van der Waals surface area contributed by atoms with E-state index in [2.05, 4.69) is 31.4 Å². The highest BCUT2D eigenvalue weighted by Crippen LogP contribution is 2.41. The number of halogens is 3. The minimum atomic E-state index is -0.673. The molecule has 0 fully saturated rings. The van der Waals surface area contributed by atoms with Crippen LogP contribution in [0.4, 0.5) is 14.5 Å².